The Balaban J connectivity index is 1.96. The van der Waals surface area contributed by atoms with Crippen LogP contribution in [0.5, 0.6) is 0 Å². The van der Waals surface area contributed by atoms with Gasteiger partial charge in [-0.2, -0.15) is 5.10 Å². The maximum absolute atomic E-state index is 12.4. The molecular formula is C17H21N3O4. The molecule has 1 aliphatic rings. The fourth-order valence-electron chi connectivity index (χ4n) is 2.88. The van der Waals surface area contributed by atoms with Gasteiger partial charge in [-0.3, -0.25) is 4.98 Å². The van der Waals surface area contributed by atoms with Crippen molar-refractivity contribution in [2.75, 3.05) is 26.9 Å². The summed E-state index contributed by atoms with van der Waals surface area (Å²) in [7, 11) is 1.62. The van der Waals surface area contributed by atoms with E-state index in [0.29, 0.717) is 25.5 Å². The Hall–Kier alpha value is -2.25. The standard InChI is InChI=1S/C17H21N3O4/c1-3-24-17(21)16-14-5-4-12-10-18-7-6-13(12)15(14)19-20(16)11-23-9-8-22-2/h6-7,10H,3-5,8-9,11H2,1-2H3. The molecule has 7 nitrogen and oxygen atoms in total. The summed E-state index contributed by atoms with van der Waals surface area (Å²) >= 11 is 0. The lowest BCUT2D eigenvalue weighted by molar-refractivity contribution is 0.0239. The van der Waals surface area contributed by atoms with Crippen molar-refractivity contribution in [1.29, 1.82) is 0 Å². The first-order valence-electron chi connectivity index (χ1n) is 8.03. The zero-order valence-corrected chi connectivity index (χ0v) is 13.9. The number of carbonyl (C=O) groups is 1. The molecule has 0 radical (unpaired) electrons. The number of hydrogen-bond donors (Lipinski definition) is 0. The fourth-order valence-corrected chi connectivity index (χ4v) is 2.88. The largest absolute Gasteiger partial charge is 0.461 e. The van der Waals surface area contributed by atoms with E-state index in [4.69, 9.17) is 14.2 Å². The van der Waals surface area contributed by atoms with E-state index in [1.165, 1.54) is 0 Å². The molecular weight excluding hydrogens is 310 g/mol. The first kappa shape index (κ1) is 16.6. The van der Waals surface area contributed by atoms with Crippen molar-refractivity contribution in [1.82, 2.24) is 14.8 Å². The third-order valence-corrected chi connectivity index (χ3v) is 3.97. The molecule has 3 rings (SSSR count). The average Bonchev–Trinajstić information content (AvgIpc) is 2.98. The summed E-state index contributed by atoms with van der Waals surface area (Å²) < 4.78 is 17.3. The van der Waals surface area contributed by atoms with Crippen LogP contribution >= 0.6 is 0 Å². The Labute approximate surface area is 140 Å². The van der Waals surface area contributed by atoms with Crippen LogP contribution in [-0.4, -0.2) is 47.7 Å². The van der Waals surface area contributed by atoms with Gasteiger partial charge in [-0.25, -0.2) is 9.48 Å². The van der Waals surface area contributed by atoms with Crippen LogP contribution in [0.15, 0.2) is 18.5 Å². The number of aromatic nitrogens is 3. The third kappa shape index (κ3) is 3.18. The number of methoxy groups -OCH3 is 1. The first-order valence-corrected chi connectivity index (χ1v) is 8.03. The van der Waals surface area contributed by atoms with Crippen LogP contribution in [0.4, 0.5) is 0 Å². The summed E-state index contributed by atoms with van der Waals surface area (Å²) in [5.41, 5.74) is 4.38. The van der Waals surface area contributed by atoms with Gasteiger partial charge in [0.25, 0.3) is 0 Å². The minimum Gasteiger partial charge on any atom is -0.461 e. The molecule has 1 aliphatic carbocycles. The molecule has 24 heavy (non-hydrogen) atoms. The summed E-state index contributed by atoms with van der Waals surface area (Å²) in [5.74, 6) is -0.362. The highest BCUT2D eigenvalue weighted by Gasteiger charge is 2.29. The van der Waals surface area contributed by atoms with Crippen molar-refractivity contribution < 1.29 is 19.0 Å². The van der Waals surface area contributed by atoms with Crippen molar-refractivity contribution >= 4 is 5.97 Å². The molecule has 2 aromatic rings. The molecule has 0 unspecified atom stereocenters. The quantitative estimate of drug-likeness (QED) is 0.569. The van der Waals surface area contributed by atoms with Gasteiger partial charge in [0, 0.05) is 30.6 Å². The van der Waals surface area contributed by atoms with Crippen molar-refractivity contribution in [3.63, 3.8) is 0 Å². The molecule has 0 fully saturated rings. The van der Waals surface area contributed by atoms with Crippen molar-refractivity contribution in [3.8, 4) is 11.3 Å². The van der Waals surface area contributed by atoms with Gasteiger partial charge in [0.15, 0.2) is 5.69 Å². The molecule has 7 heteroatoms. The average molecular weight is 331 g/mol. The summed E-state index contributed by atoms with van der Waals surface area (Å²) in [6.45, 7) is 3.23. The Morgan fingerprint density at radius 1 is 1.33 bits per heavy atom. The second-order valence-electron chi connectivity index (χ2n) is 5.46. The third-order valence-electron chi connectivity index (χ3n) is 3.97. The Morgan fingerprint density at radius 2 is 2.21 bits per heavy atom. The molecule has 0 bridgehead atoms. The summed E-state index contributed by atoms with van der Waals surface area (Å²) in [5, 5.41) is 4.62. The molecule has 0 saturated carbocycles. The Kier molecular flexibility index (Phi) is 5.22. The van der Waals surface area contributed by atoms with Crippen LogP contribution in [0.1, 0.15) is 28.5 Å². The predicted molar refractivity (Wildman–Crippen MR) is 86.7 cm³/mol. The first-order chi connectivity index (χ1) is 11.8. The van der Waals surface area contributed by atoms with Crippen LogP contribution < -0.4 is 0 Å². The molecule has 2 aromatic heterocycles. The van der Waals surface area contributed by atoms with E-state index in [1.807, 2.05) is 12.3 Å². The molecule has 0 spiro atoms. The van der Waals surface area contributed by atoms with Crippen LogP contribution in [0.2, 0.25) is 0 Å². The zero-order valence-electron chi connectivity index (χ0n) is 13.9. The fraction of sp³-hybridized carbons (Fsp3) is 0.471. The minimum absolute atomic E-state index is 0.185. The van der Waals surface area contributed by atoms with Gasteiger partial charge in [-0.05, 0) is 31.4 Å². The summed E-state index contributed by atoms with van der Waals surface area (Å²) in [6, 6.07) is 1.94. The molecule has 2 heterocycles. The van der Waals surface area contributed by atoms with E-state index in [2.05, 4.69) is 10.1 Å². The van der Waals surface area contributed by atoms with Gasteiger partial charge in [-0.1, -0.05) is 0 Å². The number of fused-ring (bicyclic) bond motifs is 3. The van der Waals surface area contributed by atoms with E-state index in [0.717, 1.165) is 35.2 Å². The Bertz CT molecular complexity index is 727. The lowest BCUT2D eigenvalue weighted by Gasteiger charge is -2.14. The lowest BCUT2D eigenvalue weighted by Crippen LogP contribution is -2.17. The number of carbonyl (C=O) groups excluding carboxylic acids is 1. The van der Waals surface area contributed by atoms with E-state index < -0.39 is 0 Å². The smallest absolute Gasteiger partial charge is 0.357 e. The van der Waals surface area contributed by atoms with Crippen molar-refractivity contribution in [3.05, 3.63) is 35.3 Å². The highest BCUT2D eigenvalue weighted by Crippen LogP contribution is 2.34. The molecule has 128 valence electrons. The molecule has 0 atom stereocenters. The van der Waals surface area contributed by atoms with Gasteiger partial charge >= 0.3 is 5.97 Å². The topological polar surface area (TPSA) is 75.5 Å². The summed E-state index contributed by atoms with van der Waals surface area (Å²) in [6.07, 6.45) is 5.17. The number of aryl methyl sites for hydroxylation is 1. The maximum atomic E-state index is 12.4. The number of nitrogens with zero attached hydrogens (tertiary/aromatic N) is 3. The van der Waals surface area contributed by atoms with E-state index in [1.54, 1.807) is 24.9 Å². The van der Waals surface area contributed by atoms with E-state index in [-0.39, 0.29) is 12.7 Å². The van der Waals surface area contributed by atoms with Gasteiger partial charge in [-0.15, -0.1) is 0 Å². The predicted octanol–water partition coefficient (Wildman–Crippen LogP) is 1.84. The molecule has 0 N–H and O–H groups in total. The van der Waals surface area contributed by atoms with Crippen molar-refractivity contribution in [2.24, 2.45) is 0 Å². The zero-order chi connectivity index (χ0) is 16.9. The van der Waals surface area contributed by atoms with Crippen molar-refractivity contribution in [2.45, 2.75) is 26.5 Å². The summed E-state index contributed by atoms with van der Waals surface area (Å²) in [4.78, 5) is 16.6. The van der Waals surface area contributed by atoms with E-state index >= 15 is 0 Å². The number of rotatable bonds is 7. The van der Waals surface area contributed by atoms with Gasteiger partial charge in [0.2, 0.25) is 0 Å². The van der Waals surface area contributed by atoms with Crippen LogP contribution in [0.3, 0.4) is 0 Å². The number of esters is 1. The van der Waals surface area contributed by atoms with Crippen LogP contribution in [0, 0.1) is 0 Å². The van der Waals surface area contributed by atoms with Gasteiger partial charge in [0.05, 0.1) is 25.5 Å². The van der Waals surface area contributed by atoms with Crippen LogP contribution in [0.25, 0.3) is 11.3 Å². The second-order valence-corrected chi connectivity index (χ2v) is 5.46. The lowest BCUT2D eigenvalue weighted by atomic mass is 9.90. The minimum atomic E-state index is -0.362. The molecule has 0 aliphatic heterocycles. The molecule has 0 amide bonds. The molecule has 0 saturated heterocycles. The SMILES string of the molecule is CCOC(=O)c1c2c(nn1COCCOC)-c1ccncc1CC2. The van der Waals surface area contributed by atoms with Gasteiger partial charge in [0.1, 0.15) is 6.73 Å². The van der Waals surface area contributed by atoms with Gasteiger partial charge < -0.3 is 14.2 Å². The molecule has 0 aromatic carbocycles. The monoisotopic (exact) mass is 331 g/mol. The highest BCUT2D eigenvalue weighted by atomic mass is 16.5. The number of hydrogen-bond acceptors (Lipinski definition) is 6. The highest BCUT2D eigenvalue weighted by molar-refractivity contribution is 5.92. The maximum Gasteiger partial charge on any atom is 0.357 e. The van der Waals surface area contributed by atoms with Crippen LogP contribution in [-0.2, 0) is 33.8 Å². The number of ether oxygens (including phenoxy) is 3. The second kappa shape index (κ2) is 7.55. The Morgan fingerprint density at radius 3 is 3.00 bits per heavy atom. The van der Waals surface area contributed by atoms with E-state index in [9.17, 15) is 4.79 Å². The number of pyridine rings is 1. The normalized spacial score (nSPS) is 12.6.